The van der Waals surface area contributed by atoms with E-state index in [1.165, 1.54) is 10.6 Å². The van der Waals surface area contributed by atoms with Crippen molar-refractivity contribution in [3.63, 3.8) is 0 Å². The van der Waals surface area contributed by atoms with E-state index in [1.54, 1.807) is 36.5 Å². The Labute approximate surface area is 148 Å². The fourth-order valence-corrected chi connectivity index (χ4v) is 3.04. The number of pyridine rings is 1. The molecule has 132 valence electrons. The first-order valence-corrected chi connectivity index (χ1v) is 8.23. The molecule has 7 heteroatoms. The van der Waals surface area contributed by atoms with E-state index in [1.807, 2.05) is 13.0 Å². The molecule has 2 aromatic heterocycles. The number of aliphatic hydroxyl groups is 1. The Morgan fingerprint density at radius 2 is 2.15 bits per heavy atom. The monoisotopic (exact) mass is 351 g/mol. The average molecular weight is 351 g/mol. The summed E-state index contributed by atoms with van der Waals surface area (Å²) >= 11 is 0. The average Bonchev–Trinajstić information content (AvgIpc) is 2.64. The number of hydrogen-bond donors (Lipinski definition) is 2. The van der Waals surface area contributed by atoms with Crippen LogP contribution in [0.5, 0.6) is 5.75 Å². The van der Waals surface area contributed by atoms with Crippen LogP contribution in [0.15, 0.2) is 53.6 Å². The highest BCUT2D eigenvalue weighted by atomic mass is 16.5. The van der Waals surface area contributed by atoms with Gasteiger partial charge in [-0.15, -0.1) is 0 Å². The quantitative estimate of drug-likeness (QED) is 0.724. The van der Waals surface area contributed by atoms with Gasteiger partial charge in [0.2, 0.25) is 0 Å². The number of nitrogens with one attached hydrogen (secondary N) is 1. The second-order valence-electron chi connectivity index (χ2n) is 6.28. The molecule has 1 aliphatic heterocycles. The van der Waals surface area contributed by atoms with Crippen LogP contribution in [0.4, 0.5) is 0 Å². The van der Waals surface area contributed by atoms with Crippen LogP contribution >= 0.6 is 0 Å². The summed E-state index contributed by atoms with van der Waals surface area (Å²) in [5.74, 6) is -0.00202. The lowest BCUT2D eigenvalue weighted by Gasteiger charge is -2.30. The molecule has 2 atom stereocenters. The maximum atomic E-state index is 12.6. The van der Waals surface area contributed by atoms with Gasteiger partial charge in [0.25, 0.3) is 11.5 Å². The first-order chi connectivity index (χ1) is 12.5. The van der Waals surface area contributed by atoms with Crippen LogP contribution in [0.3, 0.4) is 0 Å². The lowest BCUT2D eigenvalue weighted by Crippen LogP contribution is -2.46. The van der Waals surface area contributed by atoms with E-state index in [4.69, 9.17) is 4.74 Å². The minimum Gasteiger partial charge on any atom is -0.491 e. The third kappa shape index (κ3) is 2.72. The van der Waals surface area contributed by atoms with Crippen molar-refractivity contribution in [1.82, 2.24) is 14.7 Å². The number of fused-ring (bicyclic) bond motifs is 2. The Balaban J connectivity index is 1.61. The third-order valence-corrected chi connectivity index (χ3v) is 4.46. The van der Waals surface area contributed by atoms with Gasteiger partial charge in [-0.25, -0.2) is 4.98 Å². The van der Waals surface area contributed by atoms with Crippen LogP contribution in [0.1, 0.15) is 27.6 Å². The molecule has 1 amide bonds. The Hall–Kier alpha value is -3.19. The Morgan fingerprint density at radius 3 is 3.00 bits per heavy atom. The van der Waals surface area contributed by atoms with Crippen LogP contribution < -0.4 is 15.6 Å². The van der Waals surface area contributed by atoms with Crippen LogP contribution in [0.2, 0.25) is 0 Å². The number of aromatic nitrogens is 2. The number of amides is 1. The van der Waals surface area contributed by atoms with E-state index in [2.05, 4.69) is 10.3 Å². The fraction of sp³-hybridized carbons (Fsp3) is 0.211. The van der Waals surface area contributed by atoms with Gasteiger partial charge in [0.1, 0.15) is 29.7 Å². The van der Waals surface area contributed by atoms with Gasteiger partial charge in [0.15, 0.2) is 0 Å². The van der Waals surface area contributed by atoms with Crippen molar-refractivity contribution in [2.75, 3.05) is 6.61 Å². The minimum atomic E-state index is -0.914. The third-order valence-electron chi connectivity index (χ3n) is 4.46. The molecule has 4 rings (SSSR count). The highest BCUT2D eigenvalue weighted by Gasteiger charge is 2.31. The number of carbonyl (C=O) groups is 1. The van der Waals surface area contributed by atoms with Gasteiger partial charge < -0.3 is 15.2 Å². The summed E-state index contributed by atoms with van der Waals surface area (Å²) in [5, 5.41) is 13.2. The second kappa shape index (κ2) is 6.27. The van der Waals surface area contributed by atoms with E-state index in [0.717, 1.165) is 5.56 Å². The Kier molecular flexibility index (Phi) is 3.93. The zero-order valence-electron chi connectivity index (χ0n) is 14.0. The topological polar surface area (TPSA) is 92.9 Å². The molecule has 3 heterocycles. The molecular formula is C19H17N3O4. The van der Waals surface area contributed by atoms with E-state index < -0.39 is 23.6 Å². The summed E-state index contributed by atoms with van der Waals surface area (Å²) in [6.07, 6.45) is 1.94. The lowest BCUT2D eigenvalue weighted by atomic mass is 9.99. The number of rotatable bonds is 2. The second-order valence-corrected chi connectivity index (χ2v) is 6.28. The van der Waals surface area contributed by atoms with Crippen molar-refractivity contribution in [2.24, 2.45) is 0 Å². The smallest absolute Gasteiger partial charge is 0.270 e. The number of carbonyl (C=O) groups excluding carboxylic acids is 1. The molecule has 0 radical (unpaired) electrons. The molecule has 0 aliphatic carbocycles. The molecule has 0 spiro atoms. The number of hydrogen-bond acceptors (Lipinski definition) is 5. The van der Waals surface area contributed by atoms with Gasteiger partial charge in [0.05, 0.1) is 6.04 Å². The maximum absolute atomic E-state index is 12.6. The van der Waals surface area contributed by atoms with Gasteiger partial charge in [-0.3, -0.25) is 14.0 Å². The summed E-state index contributed by atoms with van der Waals surface area (Å²) in [4.78, 5) is 29.3. The first-order valence-electron chi connectivity index (χ1n) is 8.23. The number of benzene rings is 1. The predicted molar refractivity (Wildman–Crippen MR) is 94.4 cm³/mol. The van der Waals surface area contributed by atoms with Crippen LogP contribution in [-0.4, -0.2) is 33.0 Å². The number of ether oxygens (including phenoxy) is 1. The van der Waals surface area contributed by atoms with Crippen molar-refractivity contribution in [3.8, 4) is 5.75 Å². The highest BCUT2D eigenvalue weighted by molar-refractivity contribution is 5.94. The summed E-state index contributed by atoms with van der Waals surface area (Å²) in [6.45, 7) is 2.01. The minimum absolute atomic E-state index is 0.0857. The van der Waals surface area contributed by atoms with Crippen LogP contribution in [0, 0.1) is 6.92 Å². The number of aliphatic hydroxyl groups excluding tert-OH is 1. The highest BCUT2D eigenvalue weighted by Crippen LogP contribution is 2.31. The van der Waals surface area contributed by atoms with E-state index in [0.29, 0.717) is 17.0 Å². The van der Waals surface area contributed by atoms with Crippen molar-refractivity contribution < 1.29 is 14.6 Å². The molecule has 0 unspecified atom stereocenters. The molecule has 1 aliphatic rings. The number of para-hydroxylation sites is 1. The predicted octanol–water partition coefficient (Wildman–Crippen LogP) is 1.23. The zero-order valence-corrected chi connectivity index (χ0v) is 14.0. The standard InChI is InChI=1S/C19H17N3O4/c1-11-6-7-22-16(8-11)20-9-13(19(22)25)18(24)21-14-10-26-15-5-3-2-4-12(15)17(14)23/h2-9,14,17,23H,10H2,1H3,(H,21,24)/t14-,17-/m1/s1. The Morgan fingerprint density at radius 1 is 1.35 bits per heavy atom. The molecule has 3 aromatic rings. The molecular weight excluding hydrogens is 334 g/mol. The maximum Gasteiger partial charge on any atom is 0.270 e. The summed E-state index contributed by atoms with van der Waals surface area (Å²) in [5.41, 5.74) is 1.50. The summed E-state index contributed by atoms with van der Waals surface area (Å²) < 4.78 is 6.91. The molecule has 0 saturated carbocycles. The number of aryl methyl sites for hydroxylation is 1. The molecule has 7 nitrogen and oxygen atoms in total. The first kappa shape index (κ1) is 16.3. The molecule has 0 bridgehead atoms. The van der Waals surface area contributed by atoms with Gasteiger partial charge in [-0.1, -0.05) is 18.2 Å². The van der Waals surface area contributed by atoms with E-state index >= 15 is 0 Å². The SMILES string of the molecule is Cc1ccn2c(=O)c(C(=O)N[C@@H]3COc4ccccc4[C@H]3O)cnc2c1. The molecule has 0 fully saturated rings. The van der Waals surface area contributed by atoms with Crippen molar-refractivity contribution in [2.45, 2.75) is 19.1 Å². The van der Waals surface area contributed by atoms with Crippen molar-refractivity contribution in [1.29, 1.82) is 0 Å². The molecule has 2 N–H and O–H groups in total. The number of nitrogens with zero attached hydrogens (tertiary/aromatic N) is 2. The van der Waals surface area contributed by atoms with Crippen LogP contribution in [-0.2, 0) is 0 Å². The van der Waals surface area contributed by atoms with Crippen molar-refractivity contribution >= 4 is 11.6 Å². The van der Waals surface area contributed by atoms with Gasteiger partial charge in [0, 0.05) is 18.0 Å². The summed E-state index contributed by atoms with van der Waals surface area (Å²) in [6, 6.07) is 9.98. The van der Waals surface area contributed by atoms with Crippen molar-refractivity contribution in [3.05, 3.63) is 75.8 Å². The van der Waals surface area contributed by atoms with E-state index in [-0.39, 0.29) is 12.2 Å². The normalized spacial score (nSPS) is 18.8. The zero-order chi connectivity index (χ0) is 18.3. The lowest BCUT2D eigenvalue weighted by molar-refractivity contribution is 0.0615. The van der Waals surface area contributed by atoms with Gasteiger partial charge in [-0.05, 0) is 30.7 Å². The summed E-state index contributed by atoms with van der Waals surface area (Å²) in [7, 11) is 0. The Bertz CT molecular complexity index is 1060. The van der Waals surface area contributed by atoms with Gasteiger partial charge in [-0.2, -0.15) is 0 Å². The largest absolute Gasteiger partial charge is 0.491 e. The molecule has 0 saturated heterocycles. The van der Waals surface area contributed by atoms with E-state index in [9.17, 15) is 14.7 Å². The molecule has 1 aromatic carbocycles. The van der Waals surface area contributed by atoms with Gasteiger partial charge >= 0.3 is 0 Å². The van der Waals surface area contributed by atoms with Crippen LogP contribution in [0.25, 0.3) is 5.65 Å². The fourth-order valence-electron chi connectivity index (χ4n) is 3.04. The molecule has 26 heavy (non-hydrogen) atoms.